The second kappa shape index (κ2) is 11.0. The number of aliphatic carboxylic acids is 1. The number of para-hydroxylation sites is 1. The molecule has 0 aliphatic carbocycles. The first kappa shape index (κ1) is 24.8. The summed E-state index contributed by atoms with van der Waals surface area (Å²) in [5.41, 5.74) is 1.72. The summed E-state index contributed by atoms with van der Waals surface area (Å²) in [6, 6.07) is 14.8. The number of nitrogens with zero attached hydrogens (tertiary/aromatic N) is 3. The number of ether oxygens (including phenoxy) is 1. The minimum absolute atomic E-state index is 0.211. The highest BCUT2D eigenvalue weighted by Crippen LogP contribution is 2.34. The van der Waals surface area contributed by atoms with Crippen LogP contribution in [0, 0.1) is 0 Å². The number of benzene rings is 2. The van der Waals surface area contributed by atoms with Gasteiger partial charge in [-0.05, 0) is 63.6 Å². The molecule has 9 nitrogen and oxygen atoms in total. The van der Waals surface area contributed by atoms with E-state index in [9.17, 15) is 19.2 Å². The van der Waals surface area contributed by atoms with E-state index in [1.165, 1.54) is 0 Å². The normalized spacial score (nSPS) is 17.3. The van der Waals surface area contributed by atoms with Crippen molar-refractivity contribution in [1.29, 1.82) is 0 Å². The lowest BCUT2D eigenvalue weighted by Gasteiger charge is -2.36. The monoisotopic (exact) mass is 559 g/mol. The number of imide groups is 1. The molecule has 0 aromatic heterocycles. The number of halogens is 1. The molecule has 2 aliphatic rings. The van der Waals surface area contributed by atoms with E-state index >= 15 is 0 Å². The fourth-order valence-corrected chi connectivity index (χ4v) is 5.09. The van der Waals surface area contributed by atoms with E-state index in [2.05, 4.69) is 20.8 Å². The molecule has 1 N–H and O–H groups in total. The number of carboxylic acid groups (broad SMARTS) is 1. The van der Waals surface area contributed by atoms with Gasteiger partial charge in [-0.15, -0.1) is 0 Å². The molecule has 2 aromatic carbocycles. The minimum Gasteiger partial charge on any atom is -0.481 e. The van der Waals surface area contributed by atoms with Gasteiger partial charge in [-0.1, -0.05) is 24.3 Å². The van der Waals surface area contributed by atoms with E-state index in [0.29, 0.717) is 42.0 Å². The van der Waals surface area contributed by atoms with E-state index in [1.807, 2.05) is 30.3 Å². The Morgan fingerprint density at radius 2 is 1.77 bits per heavy atom. The van der Waals surface area contributed by atoms with Crippen molar-refractivity contribution in [2.75, 3.05) is 44.2 Å². The summed E-state index contributed by atoms with van der Waals surface area (Å²) in [5, 5.41) is 8.25. The maximum Gasteiger partial charge on any atom is 0.341 e. The predicted molar refractivity (Wildman–Crippen MR) is 135 cm³/mol. The van der Waals surface area contributed by atoms with Gasteiger partial charge in [-0.3, -0.25) is 19.3 Å². The van der Waals surface area contributed by atoms with Crippen LogP contribution in [-0.2, 0) is 14.4 Å². The number of carbonyl (C=O) groups is 4. The van der Waals surface area contributed by atoms with E-state index in [4.69, 9.17) is 9.84 Å². The van der Waals surface area contributed by atoms with E-state index in [-0.39, 0.29) is 17.4 Å². The number of carboxylic acids is 1. The van der Waals surface area contributed by atoms with Crippen molar-refractivity contribution in [2.45, 2.75) is 0 Å². The summed E-state index contributed by atoms with van der Waals surface area (Å²) in [7, 11) is 0. The van der Waals surface area contributed by atoms with E-state index in [0.717, 1.165) is 22.3 Å². The fourth-order valence-electron chi connectivity index (χ4n) is 3.74. The minimum atomic E-state index is -1.10. The first-order valence-electron chi connectivity index (χ1n) is 10.8. The first-order chi connectivity index (χ1) is 16.8. The summed E-state index contributed by atoms with van der Waals surface area (Å²) in [6.07, 6.45) is 1.56. The van der Waals surface area contributed by atoms with Crippen molar-refractivity contribution in [3.8, 4) is 5.75 Å². The molecule has 0 atom stereocenters. The molecule has 0 spiro atoms. The van der Waals surface area contributed by atoms with Crippen molar-refractivity contribution in [3.05, 3.63) is 63.5 Å². The quantitative estimate of drug-likeness (QED) is 0.515. The molecule has 182 valence electrons. The molecular weight excluding hydrogens is 538 g/mol. The summed E-state index contributed by atoms with van der Waals surface area (Å²) in [6.45, 7) is 1.62. The number of anilines is 1. The van der Waals surface area contributed by atoms with Crippen LogP contribution in [0.3, 0.4) is 0 Å². The number of hydrogen-bond donors (Lipinski definition) is 1. The lowest BCUT2D eigenvalue weighted by atomic mass is 10.2. The van der Waals surface area contributed by atoms with Crippen molar-refractivity contribution in [2.24, 2.45) is 0 Å². The van der Waals surface area contributed by atoms with Crippen LogP contribution >= 0.6 is 27.7 Å². The Balaban J connectivity index is 1.35. The van der Waals surface area contributed by atoms with Gasteiger partial charge < -0.3 is 19.6 Å². The summed E-state index contributed by atoms with van der Waals surface area (Å²) in [5.74, 6) is -1.53. The number of amides is 3. The van der Waals surface area contributed by atoms with Crippen LogP contribution in [0.2, 0.25) is 0 Å². The molecule has 0 unspecified atom stereocenters. The highest BCUT2D eigenvalue weighted by Gasteiger charge is 2.37. The van der Waals surface area contributed by atoms with E-state index < -0.39 is 23.7 Å². The summed E-state index contributed by atoms with van der Waals surface area (Å²) in [4.78, 5) is 53.9. The second-order valence-corrected chi connectivity index (χ2v) is 9.69. The van der Waals surface area contributed by atoms with Crippen LogP contribution in [0.4, 0.5) is 10.5 Å². The van der Waals surface area contributed by atoms with Crippen LogP contribution in [0.15, 0.2) is 57.9 Å². The third kappa shape index (κ3) is 6.04. The van der Waals surface area contributed by atoms with Crippen LogP contribution in [-0.4, -0.2) is 77.3 Å². The van der Waals surface area contributed by atoms with Gasteiger partial charge in [-0.25, -0.2) is 4.79 Å². The van der Waals surface area contributed by atoms with Crippen molar-refractivity contribution in [3.63, 3.8) is 0 Å². The average molecular weight is 560 g/mol. The van der Waals surface area contributed by atoms with Crippen molar-refractivity contribution in [1.82, 2.24) is 9.80 Å². The molecular formula is C24H22BrN3O6S. The summed E-state index contributed by atoms with van der Waals surface area (Å²) < 4.78 is 5.68. The average Bonchev–Trinajstić information content (AvgIpc) is 3.11. The molecule has 11 heteroatoms. The van der Waals surface area contributed by atoms with Gasteiger partial charge in [0.1, 0.15) is 12.3 Å². The maximum atomic E-state index is 12.8. The van der Waals surface area contributed by atoms with Crippen molar-refractivity contribution >= 4 is 62.5 Å². The lowest BCUT2D eigenvalue weighted by molar-refractivity contribution is -0.139. The highest BCUT2D eigenvalue weighted by molar-refractivity contribution is 9.10. The summed E-state index contributed by atoms with van der Waals surface area (Å²) >= 11 is 4.09. The molecule has 3 amide bonds. The zero-order chi connectivity index (χ0) is 24.9. The highest BCUT2D eigenvalue weighted by atomic mass is 79.9. The topological polar surface area (TPSA) is 107 Å². The molecule has 35 heavy (non-hydrogen) atoms. The molecule has 2 aromatic rings. The Morgan fingerprint density at radius 3 is 2.43 bits per heavy atom. The van der Waals surface area contributed by atoms with Gasteiger partial charge >= 0.3 is 5.97 Å². The smallest absolute Gasteiger partial charge is 0.341 e. The Hall–Kier alpha value is -3.31. The predicted octanol–water partition coefficient (Wildman–Crippen LogP) is 3.30. The van der Waals surface area contributed by atoms with Crippen LogP contribution in [0.25, 0.3) is 6.08 Å². The number of rotatable bonds is 7. The Bertz CT molecular complexity index is 1180. The van der Waals surface area contributed by atoms with E-state index in [1.54, 1.807) is 29.2 Å². The largest absolute Gasteiger partial charge is 0.481 e. The molecule has 2 saturated heterocycles. The molecule has 0 radical (unpaired) electrons. The lowest BCUT2D eigenvalue weighted by Crippen LogP contribution is -2.51. The number of hydrogen-bond acceptors (Lipinski definition) is 7. The first-order valence-corrected chi connectivity index (χ1v) is 12.4. The molecule has 0 bridgehead atoms. The SMILES string of the molecule is O=C(O)COc1ccc(/C=C2/SC(=O)N(CC(=O)N3CCN(c4ccccc4)CC3)C2=O)cc1Br. The maximum absolute atomic E-state index is 12.8. The fraction of sp³-hybridized carbons (Fsp3) is 0.250. The van der Waals surface area contributed by atoms with Gasteiger partial charge in [-0.2, -0.15) is 0 Å². The molecule has 0 saturated carbocycles. The zero-order valence-corrected chi connectivity index (χ0v) is 21.0. The third-order valence-corrected chi connectivity index (χ3v) is 7.05. The number of thioether (sulfide) groups is 1. The van der Waals surface area contributed by atoms with Gasteiger partial charge in [0.25, 0.3) is 11.1 Å². The Morgan fingerprint density at radius 1 is 1.06 bits per heavy atom. The second-order valence-electron chi connectivity index (χ2n) is 7.84. The standard InChI is InChI=1S/C24H22BrN3O6S/c25-18-12-16(6-7-19(18)34-15-22(30)31)13-20-23(32)28(24(33)35-20)14-21(29)27-10-8-26(9-11-27)17-4-2-1-3-5-17/h1-7,12-13H,8-11,14-15H2,(H,30,31)/b20-13+. The molecule has 2 aliphatic heterocycles. The molecule has 4 rings (SSSR count). The van der Waals surface area contributed by atoms with Gasteiger partial charge in [0.15, 0.2) is 6.61 Å². The number of carbonyl (C=O) groups excluding carboxylic acids is 3. The Labute approximate surface area is 214 Å². The number of piperazine rings is 1. The van der Waals surface area contributed by atoms with Gasteiger partial charge in [0.05, 0.1) is 9.38 Å². The van der Waals surface area contributed by atoms with Gasteiger partial charge in [0.2, 0.25) is 5.91 Å². The van der Waals surface area contributed by atoms with Crippen molar-refractivity contribution < 1.29 is 29.0 Å². The zero-order valence-electron chi connectivity index (χ0n) is 18.6. The Kier molecular flexibility index (Phi) is 7.76. The molecule has 2 fully saturated rings. The van der Waals surface area contributed by atoms with Gasteiger partial charge in [0, 0.05) is 31.9 Å². The third-order valence-electron chi connectivity index (χ3n) is 5.53. The van der Waals surface area contributed by atoms with Crippen LogP contribution in [0.1, 0.15) is 5.56 Å². The van der Waals surface area contributed by atoms with Crippen LogP contribution < -0.4 is 9.64 Å². The molecule has 2 heterocycles. The van der Waals surface area contributed by atoms with Crippen LogP contribution in [0.5, 0.6) is 5.75 Å².